The van der Waals surface area contributed by atoms with E-state index in [1.165, 1.54) is 0 Å². The van der Waals surface area contributed by atoms with Gasteiger partial charge in [0.2, 0.25) is 0 Å². The van der Waals surface area contributed by atoms with Crippen molar-refractivity contribution >= 4 is 28.7 Å². The highest BCUT2D eigenvalue weighted by Crippen LogP contribution is 2.12. The van der Waals surface area contributed by atoms with Crippen molar-refractivity contribution in [2.24, 2.45) is 5.73 Å². The Balaban J connectivity index is 2.25. The van der Waals surface area contributed by atoms with Crippen LogP contribution in [0.4, 0.5) is 4.79 Å². The number of carbonyl (C=O) groups excluding carboxylic acids is 1. The Kier molecular flexibility index (Phi) is 4.51. The fraction of sp³-hybridized carbons (Fsp3) is 0.222. The quantitative estimate of drug-likeness (QED) is 0.681. The van der Waals surface area contributed by atoms with Gasteiger partial charge in [0.1, 0.15) is 19.0 Å². The van der Waals surface area contributed by atoms with E-state index in [0.717, 1.165) is 9.32 Å². The molecule has 1 amide bonds. The minimum absolute atomic E-state index is 0.168. The van der Waals surface area contributed by atoms with Crippen molar-refractivity contribution in [2.75, 3.05) is 13.2 Å². The third-order valence-corrected chi connectivity index (χ3v) is 2.13. The number of nitrogens with two attached hydrogens (primary N) is 1. The van der Waals surface area contributed by atoms with Crippen molar-refractivity contribution in [3.63, 3.8) is 0 Å². The lowest BCUT2D eigenvalue weighted by atomic mass is 10.3. The first-order chi connectivity index (χ1) is 6.68. The lowest BCUT2D eigenvalue weighted by Crippen LogP contribution is -2.17. The van der Waals surface area contributed by atoms with Crippen LogP contribution in [0.5, 0.6) is 5.75 Å². The molecule has 14 heavy (non-hydrogen) atoms. The maximum absolute atomic E-state index is 10.2. The van der Waals surface area contributed by atoms with Crippen molar-refractivity contribution in [1.29, 1.82) is 0 Å². The Labute approximate surface area is 95.5 Å². The van der Waals surface area contributed by atoms with Crippen LogP contribution in [0.15, 0.2) is 24.3 Å². The molecule has 0 heterocycles. The molecule has 0 aromatic heterocycles. The van der Waals surface area contributed by atoms with Crippen LogP contribution in [0.25, 0.3) is 0 Å². The van der Waals surface area contributed by atoms with Gasteiger partial charge < -0.3 is 15.2 Å². The zero-order chi connectivity index (χ0) is 10.4. The standard InChI is InChI=1S/C9H10INO3/c10-7-1-3-8(4-2-7)13-5-6-14-9(11)12/h1-4H,5-6H2,(H2,11,12). The van der Waals surface area contributed by atoms with E-state index in [1.54, 1.807) is 0 Å². The van der Waals surface area contributed by atoms with Crippen LogP contribution >= 0.6 is 22.6 Å². The molecule has 1 aromatic rings. The second kappa shape index (κ2) is 5.69. The zero-order valence-corrected chi connectivity index (χ0v) is 9.56. The highest BCUT2D eigenvalue weighted by atomic mass is 127. The molecule has 1 aromatic carbocycles. The first kappa shape index (κ1) is 11.1. The highest BCUT2D eigenvalue weighted by Gasteiger charge is 1.95. The average Bonchev–Trinajstić information content (AvgIpc) is 2.15. The second-order valence-corrected chi connectivity index (χ2v) is 3.72. The Morgan fingerprint density at radius 1 is 1.29 bits per heavy atom. The number of hydrogen-bond acceptors (Lipinski definition) is 3. The maximum atomic E-state index is 10.2. The number of ether oxygens (including phenoxy) is 2. The van der Waals surface area contributed by atoms with Gasteiger partial charge in [-0.1, -0.05) is 0 Å². The molecule has 5 heteroatoms. The van der Waals surface area contributed by atoms with E-state index in [1.807, 2.05) is 24.3 Å². The van der Waals surface area contributed by atoms with Gasteiger partial charge in [-0.15, -0.1) is 0 Å². The predicted octanol–water partition coefficient (Wildman–Crippen LogP) is 1.77. The number of hydrogen-bond donors (Lipinski definition) is 1. The molecule has 0 aliphatic heterocycles. The summed E-state index contributed by atoms with van der Waals surface area (Å²) in [5, 5.41) is 0. The van der Waals surface area contributed by atoms with Gasteiger partial charge in [0.05, 0.1) is 0 Å². The van der Waals surface area contributed by atoms with Gasteiger partial charge in [0.15, 0.2) is 0 Å². The lowest BCUT2D eigenvalue weighted by molar-refractivity contribution is 0.134. The van der Waals surface area contributed by atoms with Crippen molar-refractivity contribution in [3.05, 3.63) is 27.8 Å². The third-order valence-electron chi connectivity index (χ3n) is 1.41. The first-order valence-electron chi connectivity index (χ1n) is 3.99. The molecule has 76 valence electrons. The number of amides is 1. The Hall–Kier alpha value is -0.980. The van der Waals surface area contributed by atoms with Gasteiger partial charge in [-0.3, -0.25) is 0 Å². The minimum Gasteiger partial charge on any atom is -0.490 e. The van der Waals surface area contributed by atoms with E-state index in [-0.39, 0.29) is 6.61 Å². The number of carbonyl (C=O) groups is 1. The largest absolute Gasteiger partial charge is 0.490 e. The van der Waals surface area contributed by atoms with E-state index >= 15 is 0 Å². The number of rotatable bonds is 4. The van der Waals surface area contributed by atoms with Crippen molar-refractivity contribution in [2.45, 2.75) is 0 Å². The molecule has 0 bridgehead atoms. The Bertz CT molecular complexity index is 299. The molecule has 1 rings (SSSR count). The fourth-order valence-corrected chi connectivity index (χ4v) is 1.19. The van der Waals surface area contributed by atoms with Crippen LogP contribution in [0, 0.1) is 3.57 Å². The number of halogens is 1. The molecule has 4 nitrogen and oxygen atoms in total. The number of benzene rings is 1. The molecule has 0 aliphatic carbocycles. The van der Waals surface area contributed by atoms with Crippen LogP contribution in [-0.2, 0) is 4.74 Å². The summed E-state index contributed by atoms with van der Waals surface area (Å²) < 4.78 is 10.9. The molecule has 0 atom stereocenters. The van der Waals surface area contributed by atoms with Gasteiger partial charge >= 0.3 is 6.09 Å². The predicted molar refractivity (Wildman–Crippen MR) is 60.2 cm³/mol. The van der Waals surface area contributed by atoms with E-state index in [2.05, 4.69) is 27.3 Å². The molecular weight excluding hydrogens is 297 g/mol. The van der Waals surface area contributed by atoms with Crippen LogP contribution < -0.4 is 10.5 Å². The van der Waals surface area contributed by atoms with Crippen molar-refractivity contribution in [1.82, 2.24) is 0 Å². The molecule has 2 N–H and O–H groups in total. The van der Waals surface area contributed by atoms with Gasteiger partial charge in [-0.05, 0) is 46.9 Å². The average molecular weight is 307 g/mol. The normalized spacial score (nSPS) is 9.50. The first-order valence-corrected chi connectivity index (χ1v) is 5.07. The highest BCUT2D eigenvalue weighted by molar-refractivity contribution is 14.1. The maximum Gasteiger partial charge on any atom is 0.404 e. The van der Waals surface area contributed by atoms with Gasteiger partial charge in [0.25, 0.3) is 0 Å². The summed E-state index contributed by atoms with van der Waals surface area (Å²) in [5.41, 5.74) is 4.77. The minimum atomic E-state index is -0.781. The van der Waals surface area contributed by atoms with E-state index in [9.17, 15) is 4.79 Å². The molecule has 0 saturated heterocycles. The smallest absolute Gasteiger partial charge is 0.404 e. The van der Waals surface area contributed by atoms with E-state index in [4.69, 9.17) is 10.5 Å². The van der Waals surface area contributed by atoms with Crippen LogP contribution in [0.1, 0.15) is 0 Å². The molecule has 0 saturated carbocycles. The Morgan fingerprint density at radius 2 is 1.93 bits per heavy atom. The van der Waals surface area contributed by atoms with Crippen LogP contribution in [0.3, 0.4) is 0 Å². The zero-order valence-electron chi connectivity index (χ0n) is 7.40. The summed E-state index contributed by atoms with van der Waals surface area (Å²) in [4.78, 5) is 10.2. The topological polar surface area (TPSA) is 61.6 Å². The SMILES string of the molecule is NC(=O)OCCOc1ccc(I)cc1. The van der Waals surface area contributed by atoms with Crippen LogP contribution in [-0.4, -0.2) is 19.3 Å². The monoisotopic (exact) mass is 307 g/mol. The third kappa shape index (κ3) is 4.31. The van der Waals surface area contributed by atoms with Crippen molar-refractivity contribution in [3.8, 4) is 5.75 Å². The molecule has 0 fully saturated rings. The van der Waals surface area contributed by atoms with Crippen LogP contribution in [0.2, 0.25) is 0 Å². The Morgan fingerprint density at radius 3 is 2.50 bits per heavy atom. The summed E-state index contributed by atoms with van der Waals surface area (Å²) in [6.07, 6.45) is -0.781. The van der Waals surface area contributed by atoms with Crippen molar-refractivity contribution < 1.29 is 14.3 Å². The van der Waals surface area contributed by atoms with E-state index in [0.29, 0.717) is 6.61 Å². The van der Waals surface area contributed by atoms with E-state index < -0.39 is 6.09 Å². The van der Waals surface area contributed by atoms with Gasteiger partial charge in [-0.2, -0.15) is 0 Å². The molecule has 0 radical (unpaired) electrons. The second-order valence-electron chi connectivity index (χ2n) is 2.47. The summed E-state index contributed by atoms with van der Waals surface area (Å²) in [6.45, 7) is 0.477. The summed E-state index contributed by atoms with van der Waals surface area (Å²) in [5.74, 6) is 0.749. The summed E-state index contributed by atoms with van der Waals surface area (Å²) in [7, 11) is 0. The molecule has 0 unspecified atom stereocenters. The summed E-state index contributed by atoms with van der Waals surface area (Å²) >= 11 is 2.21. The summed E-state index contributed by atoms with van der Waals surface area (Å²) in [6, 6.07) is 7.58. The van der Waals surface area contributed by atoms with Gasteiger partial charge in [-0.25, -0.2) is 4.79 Å². The van der Waals surface area contributed by atoms with Gasteiger partial charge in [0, 0.05) is 3.57 Å². The molecular formula is C9H10INO3. The number of primary amides is 1. The lowest BCUT2D eigenvalue weighted by Gasteiger charge is -2.05. The molecule has 0 aliphatic rings. The fourth-order valence-electron chi connectivity index (χ4n) is 0.833. The molecule has 0 spiro atoms.